The number of piperidine rings is 1. The van der Waals surface area contributed by atoms with Crippen molar-refractivity contribution in [1.29, 1.82) is 0 Å². The molecule has 1 fully saturated rings. The van der Waals surface area contributed by atoms with Crippen LogP contribution in [0.5, 0.6) is 0 Å². The molecule has 1 aromatic heterocycles. The Morgan fingerprint density at radius 3 is 2.69 bits per heavy atom. The van der Waals surface area contributed by atoms with Gasteiger partial charge >= 0.3 is 0 Å². The number of hydrogen-bond donors (Lipinski definition) is 1. The average molecular weight is 372 g/mol. The standard InChI is InChI=1S/C21H29N3OS/c1-3-7-21-23-16(2)19(26-21)14-22-20(25)15-24-12-10-18(11-13-24)17-8-5-4-6-9-17/h4-6,8-9,18H,3,7,10-15H2,1-2H3,(H,22,25). The first kappa shape index (κ1) is 19.1. The third-order valence-electron chi connectivity index (χ3n) is 5.07. The van der Waals surface area contributed by atoms with E-state index >= 15 is 0 Å². The third-order valence-corrected chi connectivity index (χ3v) is 6.29. The van der Waals surface area contributed by atoms with Crippen molar-refractivity contribution in [1.82, 2.24) is 15.2 Å². The van der Waals surface area contributed by atoms with Gasteiger partial charge < -0.3 is 5.32 Å². The van der Waals surface area contributed by atoms with Crippen LogP contribution in [0, 0.1) is 6.92 Å². The number of nitrogens with one attached hydrogen (secondary N) is 1. The van der Waals surface area contributed by atoms with Gasteiger partial charge in [-0.15, -0.1) is 11.3 Å². The zero-order valence-corrected chi connectivity index (χ0v) is 16.6. The minimum Gasteiger partial charge on any atom is -0.350 e. The summed E-state index contributed by atoms with van der Waals surface area (Å²) in [4.78, 5) is 20.4. The summed E-state index contributed by atoms with van der Waals surface area (Å²) in [5.41, 5.74) is 2.49. The van der Waals surface area contributed by atoms with Crippen molar-refractivity contribution in [2.24, 2.45) is 0 Å². The Morgan fingerprint density at radius 2 is 2.00 bits per heavy atom. The highest BCUT2D eigenvalue weighted by molar-refractivity contribution is 7.11. The highest BCUT2D eigenvalue weighted by atomic mass is 32.1. The maximum Gasteiger partial charge on any atom is 0.234 e. The Bertz CT molecular complexity index is 705. The van der Waals surface area contributed by atoms with E-state index in [1.54, 1.807) is 11.3 Å². The van der Waals surface area contributed by atoms with Gasteiger partial charge in [-0.3, -0.25) is 9.69 Å². The number of nitrogens with zero attached hydrogens (tertiary/aromatic N) is 2. The van der Waals surface area contributed by atoms with Crippen molar-refractivity contribution in [3.8, 4) is 0 Å². The zero-order chi connectivity index (χ0) is 18.4. The predicted molar refractivity (Wildman–Crippen MR) is 108 cm³/mol. The molecule has 0 radical (unpaired) electrons. The first-order chi connectivity index (χ1) is 12.7. The molecular formula is C21H29N3OS. The number of thiazole rings is 1. The first-order valence-electron chi connectivity index (χ1n) is 9.65. The van der Waals surface area contributed by atoms with Crippen molar-refractivity contribution in [3.05, 3.63) is 51.5 Å². The van der Waals surface area contributed by atoms with Gasteiger partial charge in [0.25, 0.3) is 0 Å². The van der Waals surface area contributed by atoms with E-state index in [-0.39, 0.29) is 5.91 Å². The van der Waals surface area contributed by atoms with Crippen molar-refractivity contribution in [3.63, 3.8) is 0 Å². The van der Waals surface area contributed by atoms with Gasteiger partial charge in [0.1, 0.15) is 0 Å². The maximum absolute atomic E-state index is 12.3. The second-order valence-corrected chi connectivity index (χ2v) is 8.27. The van der Waals surface area contributed by atoms with E-state index < -0.39 is 0 Å². The fourth-order valence-corrected chi connectivity index (χ4v) is 4.67. The van der Waals surface area contributed by atoms with Crippen LogP contribution in [0.1, 0.15) is 53.2 Å². The summed E-state index contributed by atoms with van der Waals surface area (Å²) < 4.78 is 0. The molecule has 1 aromatic carbocycles. The van der Waals surface area contributed by atoms with Crippen LogP contribution in [0.15, 0.2) is 30.3 Å². The number of aromatic nitrogens is 1. The molecule has 1 N–H and O–H groups in total. The lowest BCUT2D eigenvalue weighted by Gasteiger charge is -2.31. The molecule has 2 aromatic rings. The maximum atomic E-state index is 12.3. The summed E-state index contributed by atoms with van der Waals surface area (Å²) in [5, 5.41) is 4.25. The van der Waals surface area contributed by atoms with Crippen LogP contribution in [-0.2, 0) is 17.8 Å². The Hall–Kier alpha value is -1.72. The molecule has 1 amide bonds. The number of amides is 1. The Morgan fingerprint density at radius 1 is 1.27 bits per heavy atom. The normalized spacial score (nSPS) is 15.9. The molecule has 1 aliphatic heterocycles. The van der Waals surface area contributed by atoms with E-state index in [1.165, 1.54) is 15.4 Å². The second-order valence-electron chi connectivity index (χ2n) is 7.10. The van der Waals surface area contributed by atoms with Crippen LogP contribution >= 0.6 is 11.3 Å². The zero-order valence-electron chi connectivity index (χ0n) is 15.8. The number of hydrogen-bond acceptors (Lipinski definition) is 4. The van der Waals surface area contributed by atoms with E-state index in [2.05, 4.69) is 52.5 Å². The SMILES string of the molecule is CCCc1nc(C)c(CNC(=O)CN2CCC(c3ccccc3)CC2)s1. The van der Waals surface area contributed by atoms with Crippen LogP contribution in [0.3, 0.4) is 0 Å². The third kappa shape index (κ3) is 5.15. The van der Waals surface area contributed by atoms with E-state index in [9.17, 15) is 4.79 Å². The summed E-state index contributed by atoms with van der Waals surface area (Å²) in [6, 6.07) is 10.7. The first-order valence-corrected chi connectivity index (χ1v) is 10.5. The molecule has 0 atom stereocenters. The van der Waals surface area contributed by atoms with Crippen molar-refractivity contribution in [2.75, 3.05) is 19.6 Å². The molecule has 1 saturated heterocycles. The molecule has 0 unspecified atom stereocenters. The van der Waals surface area contributed by atoms with Crippen LogP contribution in [0.25, 0.3) is 0 Å². The fraction of sp³-hybridized carbons (Fsp3) is 0.524. The Balaban J connectivity index is 1.42. The quantitative estimate of drug-likeness (QED) is 0.803. The van der Waals surface area contributed by atoms with Gasteiger partial charge in [-0.25, -0.2) is 4.98 Å². The van der Waals surface area contributed by atoms with Gasteiger partial charge in [0, 0.05) is 4.88 Å². The molecule has 0 spiro atoms. The largest absolute Gasteiger partial charge is 0.350 e. The monoisotopic (exact) mass is 371 g/mol. The minimum absolute atomic E-state index is 0.119. The molecule has 0 bridgehead atoms. The fourth-order valence-electron chi connectivity index (χ4n) is 3.56. The molecular weight excluding hydrogens is 342 g/mol. The molecule has 26 heavy (non-hydrogen) atoms. The number of carbonyl (C=O) groups is 1. The van der Waals surface area contributed by atoms with Gasteiger partial charge in [0.2, 0.25) is 5.91 Å². The molecule has 2 heterocycles. The molecule has 140 valence electrons. The molecule has 1 aliphatic rings. The number of carbonyl (C=O) groups excluding carboxylic acids is 1. The van der Waals surface area contributed by atoms with Gasteiger partial charge in [-0.2, -0.15) is 0 Å². The lowest BCUT2D eigenvalue weighted by molar-refractivity contribution is -0.122. The molecule has 3 rings (SSSR count). The highest BCUT2D eigenvalue weighted by Gasteiger charge is 2.21. The number of aryl methyl sites for hydroxylation is 2. The van der Waals surface area contributed by atoms with Crippen molar-refractivity contribution < 1.29 is 4.79 Å². The average Bonchev–Trinajstić information content (AvgIpc) is 3.01. The summed E-state index contributed by atoms with van der Waals surface area (Å²) >= 11 is 1.73. The van der Waals surface area contributed by atoms with Crippen LogP contribution < -0.4 is 5.32 Å². The van der Waals surface area contributed by atoms with E-state index in [1.807, 2.05) is 6.92 Å². The lowest BCUT2D eigenvalue weighted by Crippen LogP contribution is -2.41. The molecule has 0 saturated carbocycles. The molecule has 0 aliphatic carbocycles. The Kier molecular flexibility index (Phi) is 6.80. The lowest BCUT2D eigenvalue weighted by atomic mass is 9.89. The number of likely N-dealkylation sites (tertiary alicyclic amines) is 1. The van der Waals surface area contributed by atoms with Crippen LogP contribution in [-0.4, -0.2) is 35.4 Å². The molecule has 4 nitrogen and oxygen atoms in total. The van der Waals surface area contributed by atoms with Gasteiger partial charge in [-0.05, 0) is 57.2 Å². The van der Waals surface area contributed by atoms with Crippen LogP contribution in [0.2, 0.25) is 0 Å². The summed E-state index contributed by atoms with van der Waals surface area (Å²) in [6.07, 6.45) is 4.39. The highest BCUT2D eigenvalue weighted by Crippen LogP contribution is 2.27. The Labute approximate surface area is 160 Å². The number of rotatable bonds is 7. The predicted octanol–water partition coefficient (Wildman–Crippen LogP) is 3.90. The summed E-state index contributed by atoms with van der Waals surface area (Å²) in [6.45, 7) is 7.29. The number of benzene rings is 1. The van der Waals surface area contributed by atoms with Gasteiger partial charge in [0.05, 0.1) is 23.8 Å². The second kappa shape index (κ2) is 9.28. The minimum atomic E-state index is 0.119. The van der Waals surface area contributed by atoms with Gasteiger partial charge in [0.15, 0.2) is 0 Å². The summed E-state index contributed by atoms with van der Waals surface area (Å²) in [5.74, 6) is 0.750. The summed E-state index contributed by atoms with van der Waals surface area (Å²) in [7, 11) is 0. The van der Waals surface area contributed by atoms with Crippen molar-refractivity contribution in [2.45, 2.75) is 52.0 Å². The van der Waals surface area contributed by atoms with Gasteiger partial charge in [-0.1, -0.05) is 37.3 Å². The van der Waals surface area contributed by atoms with E-state index in [4.69, 9.17) is 0 Å². The van der Waals surface area contributed by atoms with Crippen molar-refractivity contribution >= 4 is 17.2 Å². The molecule has 5 heteroatoms. The smallest absolute Gasteiger partial charge is 0.234 e. The van der Waals surface area contributed by atoms with E-state index in [0.717, 1.165) is 44.5 Å². The van der Waals surface area contributed by atoms with E-state index in [0.29, 0.717) is 19.0 Å². The van der Waals surface area contributed by atoms with Crippen LogP contribution in [0.4, 0.5) is 0 Å². The topological polar surface area (TPSA) is 45.2 Å².